The molecule has 0 fully saturated rings. The zero-order valence-corrected chi connectivity index (χ0v) is 20.3. The summed E-state index contributed by atoms with van der Waals surface area (Å²) >= 11 is 0. The topological polar surface area (TPSA) is 0 Å². The first-order valence-corrected chi connectivity index (χ1v) is 13.5. The monoisotopic (exact) mass is 422 g/mol. The molecule has 3 aromatic carbocycles. The zero-order valence-electron chi connectivity index (χ0n) is 19.1. The van der Waals surface area contributed by atoms with Crippen molar-refractivity contribution in [2.75, 3.05) is 0 Å². The van der Waals surface area contributed by atoms with Crippen LogP contribution in [-0.4, -0.2) is 8.80 Å². The summed E-state index contributed by atoms with van der Waals surface area (Å²) < 4.78 is 0. The third-order valence-corrected chi connectivity index (χ3v) is 9.71. The number of hydrogen-bond donors (Lipinski definition) is 0. The van der Waals surface area contributed by atoms with E-state index in [1.165, 1.54) is 46.3 Å². The number of unbranched alkanes of at least 4 members (excludes halogenated alkanes) is 1. The predicted molar refractivity (Wildman–Crippen MR) is 139 cm³/mol. The molecule has 0 saturated heterocycles. The van der Waals surface area contributed by atoms with E-state index < -0.39 is 8.80 Å². The summed E-state index contributed by atoms with van der Waals surface area (Å²) in [4.78, 5) is 0. The molecule has 0 radical (unpaired) electrons. The first kappa shape index (κ1) is 21.6. The smallest absolute Gasteiger partial charge is 0.0801 e. The van der Waals surface area contributed by atoms with E-state index in [2.05, 4.69) is 112 Å². The molecule has 0 aromatic heterocycles. The van der Waals surface area contributed by atoms with Crippen LogP contribution in [0.25, 0.3) is 5.57 Å². The summed E-state index contributed by atoms with van der Waals surface area (Å²) in [6, 6.07) is 31.8. The molecule has 1 aliphatic rings. The van der Waals surface area contributed by atoms with Gasteiger partial charge in [-0.15, -0.1) is 0 Å². The van der Waals surface area contributed by atoms with Crippen molar-refractivity contribution in [3.8, 4) is 0 Å². The molecule has 4 rings (SSSR count). The maximum absolute atomic E-state index is 2.55. The van der Waals surface area contributed by atoms with Crippen molar-refractivity contribution in [1.29, 1.82) is 0 Å². The third kappa shape index (κ3) is 4.83. The lowest BCUT2D eigenvalue weighted by atomic mass is 9.93. The number of hydrogen-bond acceptors (Lipinski definition) is 0. The van der Waals surface area contributed by atoms with E-state index >= 15 is 0 Å². The van der Waals surface area contributed by atoms with Gasteiger partial charge < -0.3 is 0 Å². The Balaban J connectivity index is 1.75. The fourth-order valence-corrected chi connectivity index (χ4v) is 8.42. The standard InChI is InChI=1S/C30H34Si/c1-4-5-12-24-17-19-25(20-18-24)28-21-22-29(30(28)23(2)3)31(26-13-8-6-9-14-26)27-15-10-7-11-16-27/h6-11,13-20,22-23,31H,4-5,12,21H2,1-3H3. The molecule has 0 unspecified atom stereocenters. The number of allylic oxidation sites excluding steroid dienone is 4. The van der Waals surface area contributed by atoms with Gasteiger partial charge in [0.05, 0.1) is 0 Å². The van der Waals surface area contributed by atoms with Gasteiger partial charge in [0.1, 0.15) is 8.80 Å². The summed E-state index contributed by atoms with van der Waals surface area (Å²) in [7, 11) is -1.50. The van der Waals surface area contributed by atoms with Crippen LogP contribution in [0.4, 0.5) is 0 Å². The van der Waals surface area contributed by atoms with E-state index in [-0.39, 0.29) is 0 Å². The van der Waals surface area contributed by atoms with E-state index in [0.717, 1.165) is 6.42 Å². The Kier molecular flexibility index (Phi) is 7.04. The number of aryl methyl sites for hydroxylation is 1. The van der Waals surface area contributed by atoms with Crippen molar-refractivity contribution in [2.24, 2.45) is 5.92 Å². The quantitative estimate of drug-likeness (QED) is 0.371. The number of rotatable bonds is 8. The Morgan fingerprint density at radius 2 is 1.35 bits per heavy atom. The lowest BCUT2D eigenvalue weighted by molar-refractivity contribution is 0.791. The molecular formula is C30H34Si. The van der Waals surface area contributed by atoms with Crippen LogP contribution in [-0.2, 0) is 6.42 Å². The second kappa shape index (κ2) is 10.1. The summed E-state index contributed by atoms with van der Waals surface area (Å²) in [5.74, 6) is 0.519. The van der Waals surface area contributed by atoms with E-state index in [4.69, 9.17) is 0 Å². The molecular weight excluding hydrogens is 388 g/mol. The molecule has 0 atom stereocenters. The average molecular weight is 423 g/mol. The normalized spacial score (nSPS) is 13.9. The zero-order chi connectivity index (χ0) is 21.6. The van der Waals surface area contributed by atoms with Crippen molar-refractivity contribution in [1.82, 2.24) is 0 Å². The van der Waals surface area contributed by atoms with Gasteiger partial charge in [-0.2, -0.15) is 0 Å². The SMILES string of the molecule is CCCCc1ccc(C2=C(C(C)C)C([SiH](c3ccccc3)c3ccccc3)=CC2)cc1. The molecule has 3 aromatic rings. The molecule has 0 aliphatic heterocycles. The van der Waals surface area contributed by atoms with Crippen molar-refractivity contribution in [2.45, 2.75) is 46.5 Å². The molecule has 0 nitrogen and oxygen atoms in total. The summed E-state index contributed by atoms with van der Waals surface area (Å²) in [5, 5.41) is 4.64. The van der Waals surface area contributed by atoms with Gasteiger partial charge >= 0.3 is 0 Å². The van der Waals surface area contributed by atoms with Crippen LogP contribution >= 0.6 is 0 Å². The first-order valence-electron chi connectivity index (χ1n) is 11.8. The van der Waals surface area contributed by atoms with Crippen LogP contribution in [0.3, 0.4) is 0 Å². The van der Waals surface area contributed by atoms with Gasteiger partial charge in [0.15, 0.2) is 0 Å². The highest BCUT2D eigenvalue weighted by Gasteiger charge is 2.30. The Labute approximate surface area is 190 Å². The van der Waals surface area contributed by atoms with Crippen LogP contribution in [0.1, 0.15) is 51.2 Å². The van der Waals surface area contributed by atoms with Gasteiger partial charge in [0.2, 0.25) is 0 Å². The Morgan fingerprint density at radius 3 is 1.87 bits per heavy atom. The highest BCUT2D eigenvalue weighted by Crippen LogP contribution is 2.39. The van der Waals surface area contributed by atoms with E-state index in [1.54, 1.807) is 10.8 Å². The minimum Gasteiger partial charge on any atom is -0.0801 e. The van der Waals surface area contributed by atoms with Gasteiger partial charge in [-0.05, 0) is 47.5 Å². The van der Waals surface area contributed by atoms with Gasteiger partial charge in [-0.25, -0.2) is 0 Å². The molecule has 1 aliphatic carbocycles. The molecule has 0 N–H and O–H groups in total. The molecule has 158 valence electrons. The second-order valence-corrected chi connectivity index (χ2v) is 11.8. The lowest BCUT2D eigenvalue weighted by Gasteiger charge is -2.24. The maximum Gasteiger partial charge on any atom is 0.132 e. The van der Waals surface area contributed by atoms with Gasteiger partial charge in [-0.3, -0.25) is 0 Å². The second-order valence-electron chi connectivity index (χ2n) is 8.97. The van der Waals surface area contributed by atoms with Gasteiger partial charge in [0.25, 0.3) is 0 Å². The highest BCUT2D eigenvalue weighted by atomic mass is 28.3. The first-order chi connectivity index (χ1) is 15.2. The van der Waals surface area contributed by atoms with E-state index in [0.29, 0.717) is 5.92 Å². The lowest BCUT2D eigenvalue weighted by Crippen LogP contribution is -2.44. The van der Waals surface area contributed by atoms with Crippen LogP contribution in [0, 0.1) is 5.92 Å². The Hall–Kier alpha value is -2.64. The molecule has 1 heteroatoms. The molecule has 0 saturated carbocycles. The Bertz CT molecular complexity index is 1000. The van der Waals surface area contributed by atoms with Crippen LogP contribution in [0.5, 0.6) is 0 Å². The Morgan fingerprint density at radius 1 is 0.774 bits per heavy atom. The van der Waals surface area contributed by atoms with Crippen LogP contribution in [0.15, 0.2) is 102 Å². The highest BCUT2D eigenvalue weighted by molar-refractivity contribution is 6.91. The van der Waals surface area contributed by atoms with Crippen molar-refractivity contribution >= 4 is 24.7 Å². The van der Waals surface area contributed by atoms with Crippen molar-refractivity contribution in [3.05, 3.63) is 113 Å². The molecule has 0 bridgehead atoms. The average Bonchev–Trinajstić information content (AvgIpc) is 3.25. The van der Waals surface area contributed by atoms with Crippen molar-refractivity contribution < 1.29 is 0 Å². The molecule has 0 heterocycles. The third-order valence-electron chi connectivity index (χ3n) is 6.44. The minimum absolute atomic E-state index is 0.519. The number of benzene rings is 3. The molecule has 0 amide bonds. The van der Waals surface area contributed by atoms with Crippen LogP contribution in [0.2, 0.25) is 0 Å². The molecule has 0 spiro atoms. The van der Waals surface area contributed by atoms with E-state index in [1.807, 2.05) is 0 Å². The summed E-state index contributed by atoms with van der Waals surface area (Å²) in [6.45, 7) is 7.00. The predicted octanol–water partition coefficient (Wildman–Crippen LogP) is 6.35. The summed E-state index contributed by atoms with van der Waals surface area (Å²) in [5.41, 5.74) is 6.00. The fraction of sp³-hybridized carbons (Fsp3) is 0.267. The van der Waals surface area contributed by atoms with Crippen molar-refractivity contribution in [3.63, 3.8) is 0 Å². The largest absolute Gasteiger partial charge is 0.132 e. The minimum atomic E-state index is -1.50. The fourth-order valence-electron chi connectivity index (χ4n) is 4.93. The van der Waals surface area contributed by atoms with Crippen LogP contribution < -0.4 is 10.4 Å². The summed E-state index contributed by atoms with van der Waals surface area (Å²) in [6.07, 6.45) is 7.31. The maximum atomic E-state index is 2.55. The van der Waals surface area contributed by atoms with Gasteiger partial charge in [0, 0.05) is 0 Å². The molecule has 31 heavy (non-hydrogen) atoms. The van der Waals surface area contributed by atoms with E-state index in [9.17, 15) is 0 Å². The van der Waals surface area contributed by atoms with Gasteiger partial charge in [-0.1, -0.05) is 134 Å².